The quantitative estimate of drug-likeness (QED) is 0.586. The Morgan fingerprint density at radius 1 is 1.62 bits per heavy atom. The molecule has 0 aliphatic carbocycles. The van der Waals surface area contributed by atoms with E-state index < -0.39 is 0 Å². The van der Waals surface area contributed by atoms with Gasteiger partial charge in [0.05, 0.1) is 13.7 Å². The van der Waals surface area contributed by atoms with Crippen LogP contribution in [0, 0.1) is 0 Å². The topological polar surface area (TPSA) is 72.5 Å². The van der Waals surface area contributed by atoms with E-state index in [0.29, 0.717) is 18.4 Å². The number of nitrogens with two attached hydrogens (primary N) is 1. The van der Waals surface area contributed by atoms with E-state index in [0.717, 1.165) is 5.56 Å². The average molecular weight is 222 g/mol. The summed E-state index contributed by atoms with van der Waals surface area (Å²) >= 11 is 0. The Kier molecular flexibility index (Phi) is 4.57. The van der Waals surface area contributed by atoms with Gasteiger partial charge in [0.1, 0.15) is 0 Å². The van der Waals surface area contributed by atoms with Gasteiger partial charge < -0.3 is 15.8 Å². The molecule has 0 aromatic carbocycles. The normalized spacial score (nSPS) is 11.6. The van der Waals surface area contributed by atoms with Crippen LogP contribution in [0.25, 0.3) is 0 Å². The molecule has 0 aliphatic rings. The lowest BCUT2D eigenvalue weighted by Gasteiger charge is -2.08. The summed E-state index contributed by atoms with van der Waals surface area (Å²) < 4.78 is 5.02. The molecule has 0 amide bonds. The van der Waals surface area contributed by atoms with Crippen LogP contribution in [-0.2, 0) is 6.54 Å². The maximum atomic E-state index is 5.69. The van der Waals surface area contributed by atoms with Gasteiger partial charge >= 0.3 is 0 Å². The Bertz CT molecular complexity index is 363. The van der Waals surface area contributed by atoms with Crippen molar-refractivity contribution in [2.75, 3.05) is 7.11 Å². The van der Waals surface area contributed by atoms with E-state index in [4.69, 9.17) is 10.5 Å². The zero-order chi connectivity index (χ0) is 12.0. The number of methoxy groups -OCH3 is 1. The fourth-order valence-corrected chi connectivity index (χ4v) is 1.18. The zero-order valence-electron chi connectivity index (χ0n) is 9.90. The van der Waals surface area contributed by atoms with Crippen LogP contribution in [0.3, 0.4) is 0 Å². The highest BCUT2D eigenvalue weighted by molar-refractivity contribution is 5.78. The number of guanidine groups is 1. The number of ether oxygens (including phenoxy) is 1. The van der Waals surface area contributed by atoms with Crippen LogP contribution in [0.2, 0.25) is 0 Å². The molecule has 1 rings (SSSR count). The third-order valence-electron chi connectivity index (χ3n) is 1.88. The Hall–Kier alpha value is -1.78. The molecular weight excluding hydrogens is 204 g/mol. The standard InChI is InChI=1S/C11H18N4O/c1-8(2)15-11(12)14-7-9-4-5-13-10(6-9)16-3/h4-6,8H,7H2,1-3H3,(H3,12,14,15). The number of pyridine rings is 1. The second-order valence-corrected chi connectivity index (χ2v) is 3.71. The molecule has 0 saturated carbocycles. The van der Waals surface area contributed by atoms with Crippen molar-refractivity contribution in [3.05, 3.63) is 23.9 Å². The number of hydrogen-bond acceptors (Lipinski definition) is 3. The summed E-state index contributed by atoms with van der Waals surface area (Å²) in [5.74, 6) is 1.04. The predicted octanol–water partition coefficient (Wildman–Crippen LogP) is 0.903. The van der Waals surface area contributed by atoms with E-state index in [1.165, 1.54) is 0 Å². The minimum atomic E-state index is 0.288. The average Bonchev–Trinajstić information content (AvgIpc) is 2.26. The minimum absolute atomic E-state index is 0.288. The summed E-state index contributed by atoms with van der Waals surface area (Å²) in [7, 11) is 1.59. The number of nitrogens with zero attached hydrogens (tertiary/aromatic N) is 2. The van der Waals surface area contributed by atoms with Crippen molar-refractivity contribution in [1.29, 1.82) is 0 Å². The van der Waals surface area contributed by atoms with Gasteiger partial charge in [0.25, 0.3) is 0 Å². The molecule has 0 fully saturated rings. The smallest absolute Gasteiger partial charge is 0.213 e. The third kappa shape index (κ3) is 4.16. The van der Waals surface area contributed by atoms with Crippen LogP contribution in [0.15, 0.2) is 23.3 Å². The summed E-state index contributed by atoms with van der Waals surface area (Å²) in [5, 5.41) is 3.02. The van der Waals surface area contributed by atoms with E-state index in [1.54, 1.807) is 13.3 Å². The van der Waals surface area contributed by atoms with Crippen LogP contribution < -0.4 is 15.8 Å². The van der Waals surface area contributed by atoms with E-state index in [9.17, 15) is 0 Å². The lowest BCUT2D eigenvalue weighted by molar-refractivity contribution is 0.397. The molecule has 16 heavy (non-hydrogen) atoms. The second kappa shape index (κ2) is 5.95. The highest BCUT2D eigenvalue weighted by Crippen LogP contribution is 2.09. The largest absolute Gasteiger partial charge is 0.481 e. The highest BCUT2D eigenvalue weighted by Gasteiger charge is 1.98. The van der Waals surface area contributed by atoms with Gasteiger partial charge in [0.2, 0.25) is 5.88 Å². The van der Waals surface area contributed by atoms with Gasteiger partial charge in [-0.3, -0.25) is 0 Å². The van der Waals surface area contributed by atoms with Gasteiger partial charge in [0, 0.05) is 18.3 Å². The van der Waals surface area contributed by atoms with E-state index in [-0.39, 0.29) is 6.04 Å². The fraction of sp³-hybridized carbons (Fsp3) is 0.455. The summed E-state index contributed by atoms with van der Waals surface area (Å²) in [6.07, 6.45) is 1.69. The molecule has 1 heterocycles. The Morgan fingerprint density at radius 3 is 3.00 bits per heavy atom. The Balaban J connectivity index is 2.59. The molecule has 88 valence electrons. The summed E-state index contributed by atoms with van der Waals surface area (Å²) in [5.41, 5.74) is 6.70. The molecule has 0 atom stereocenters. The first kappa shape index (κ1) is 12.3. The Labute approximate surface area is 95.7 Å². The number of aromatic nitrogens is 1. The maximum absolute atomic E-state index is 5.69. The van der Waals surface area contributed by atoms with Crippen molar-refractivity contribution in [1.82, 2.24) is 10.3 Å². The van der Waals surface area contributed by atoms with Gasteiger partial charge in [-0.1, -0.05) is 0 Å². The second-order valence-electron chi connectivity index (χ2n) is 3.71. The van der Waals surface area contributed by atoms with Gasteiger partial charge in [-0.15, -0.1) is 0 Å². The molecule has 3 N–H and O–H groups in total. The van der Waals surface area contributed by atoms with Crippen molar-refractivity contribution < 1.29 is 4.74 Å². The van der Waals surface area contributed by atoms with Crippen molar-refractivity contribution in [3.8, 4) is 5.88 Å². The number of aliphatic imine (C=N–C) groups is 1. The molecule has 5 heteroatoms. The van der Waals surface area contributed by atoms with Crippen LogP contribution in [0.4, 0.5) is 0 Å². The fourth-order valence-electron chi connectivity index (χ4n) is 1.18. The monoisotopic (exact) mass is 222 g/mol. The summed E-state index contributed by atoms with van der Waals surface area (Å²) in [6.45, 7) is 4.54. The van der Waals surface area contributed by atoms with Gasteiger partial charge in [-0.25, -0.2) is 9.98 Å². The first-order valence-electron chi connectivity index (χ1n) is 5.17. The van der Waals surface area contributed by atoms with E-state index in [1.807, 2.05) is 26.0 Å². The minimum Gasteiger partial charge on any atom is -0.481 e. The third-order valence-corrected chi connectivity index (χ3v) is 1.88. The summed E-state index contributed by atoms with van der Waals surface area (Å²) in [6, 6.07) is 4.01. The maximum Gasteiger partial charge on any atom is 0.213 e. The SMILES string of the molecule is COc1cc(CN=C(N)NC(C)C)ccn1. The van der Waals surface area contributed by atoms with E-state index >= 15 is 0 Å². The Morgan fingerprint density at radius 2 is 2.38 bits per heavy atom. The molecule has 0 unspecified atom stereocenters. The van der Waals surface area contributed by atoms with Crippen LogP contribution >= 0.6 is 0 Å². The van der Waals surface area contributed by atoms with Crippen molar-refractivity contribution in [2.24, 2.45) is 10.7 Å². The molecular formula is C11H18N4O. The first-order chi connectivity index (χ1) is 7.61. The molecule has 5 nitrogen and oxygen atoms in total. The molecule has 0 radical (unpaired) electrons. The van der Waals surface area contributed by atoms with Crippen molar-refractivity contribution >= 4 is 5.96 Å². The summed E-state index contributed by atoms with van der Waals surface area (Å²) in [4.78, 5) is 8.23. The predicted molar refractivity (Wildman–Crippen MR) is 64.4 cm³/mol. The lowest BCUT2D eigenvalue weighted by Crippen LogP contribution is -2.36. The van der Waals surface area contributed by atoms with Gasteiger partial charge in [-0.05, 0) is 25.5 Å². The number of rotatable bonds is 4. The first-order valence-corrected chi connectivity index (χ1v) is 5.17. The molecule has 0 saturated heterocycles. The van der Waals surface area contributed by atoms with Crippen LogP contribution in [0.5, 0.6) is 5.88 Å². The zero-order valence-corrected chi connectivity index (χ0v) is 9.90. The van der Waals surface area contributed by atoms with Crippen molar-refractivity contribution in [3.63, 3.8) is 0 Å². The molecule has 1 aromatic heterocycles. The number of hydrogen-bond donors (Lipinski definition) is 2. The molecule has 1 aromatic rings. The molecule has 0 spiro atoms. The van der Waals surface area contributed by atoms with Crippen molar-refractivity contribution in [2.45, 2.75) is 26.4 Å². The van der Waals surface area contributed by atoms with Gasteiger partial charge in [0.15, 0.2) is 5.96 Å². The highest BCUT2D eigenvalue weighted by atomic mass is 16.5. The van der Waals surface area contributed by atoms with Gasteiger partial charge in [-0.2, -0.15) is 0 Å². The van der Waals surface area contributed by atoms with Crippen LogP contribution in [0.1, 0.15) is 19.4 Å². The molecule has 0 bridgehead atoms. The lowest BCUT2D eigenvalue weighted by atomic mass is 10.3. The van der Waals surface area contributed by atoms with E-state index in [2.05, 4.69) is 15.3 Å². The molecule has 0 aliphatic heterocycles. The number of nitrogens with one attached hydrogen (secondary N) is 1. The van der Waals surface area contributed by atoms with Crippen LogP contribution in [-0.4, -0.2) is 24.1 Å².